The van der Waals surface area contributed by atoms with Crippen molar-refractivity contribution in [1.82, 2.24) is 0 Å². The number of nitriles is 1. The summed E-state index contributed by atoms with van der Waals surface area (Å²) in [4.78, 5) is 11.4. The van der Waals surface area contributed by atoms with Crippen LogP contribution >= 0.6 is 0 Å². The Morgan fingerprint density at radius 2 is 1.94 bits per heavy atom. The molecular formula is C13H16N2O3. The summed E-state index contributed by atoms with van der Waals surface area (Å²) in [5, 5.41) is 10.9. The molecule has 18 heavy (non-hydrogen) atoms. The standard InChI is InChI=1S/C13H16N2O3/c1-13(2,3)18-12(16)8-17-11-6-4-10(5-7-11)15-9-14/h4-7,15H,8H2,1-3H3. The third-order valence-corrected chi connectivity index (χ3v) is 1.83. The largest absolute Gasteiger partial charge is 0.482 e. The summed E-state index contributed by atoms with van der Waals surface area (Å²) in [6.07, 6.45) is 1.81. The molecule has 1 aromatic rings. The van der Waals surface area contributed by atoms with E-state index in [4.69, 9.17) is 14.7 Å². The van der Waals surface area contributed by atoms with Crippen LogP contribution in [0.4, 0.5) is 5.69 Å². The van der Waals surface area contributed by atoms with E-state index >= 15 is 0 Å². The molecule has 1 aromatic carbocycles. The predicted molar refractivity (Wildman–Crippen MR) is 67.0 cm³/mol. The maximum absolute atomic E-state index is 11.4. The van der Waals surface area contributed by atoms with Crippen LogP contribution < -0.4 is 10.1 Å². The smallest absolute Gasteiger partial charge is 0.344 e. The first kappa shape index (κ1) is 13.8. The fourth-order valence-electron chi connectivity index (χ4n) is 1.21. The highest BCUT2D eigenvalue weighted by molar-refractivity contribution is 5.71. The molecule has 0 unspecified atom stereocenters. The quantitative estimate of drug-likeness (QED) is 0.503. The summed E-state index contributed by atoms with van der Waals surface area (Å²) < 4.78 is 10.4. The van der Waals surface area contributed by atoms with Crippen molar-refractivity contribution in [3.05, 3.63) is 24.3 Å². The minimum atomic E-state index is -0.513. The number of esters is 1. The third-order valence-electron chi connectivity index (χ3n) is 1.83. The molecule has 5 heteroatoms. The van der Waals surface area contributed by atoms with E-state index in [0.717, 1.165) is 0 Å². The van der Waals surface area contributed by atoms with Gasteiger partial charge in [0.1, 0.15) is 11.4 Å². The minimum absolute atomic E-state index is 0.137. The molecule has 0 radical (unpaired) electrons. The molecule has 0 bridgehead atoms. The summed E-state index contributed by atoms with van der Waals surface area (Å²) in [7, 11) is 0. The SMILES string of the molecule is CC(C)(C)OC(=O)COc1ccc(NC#N)cc1. The molecule has 0 aliphatic carbocycles. The number of nitrogens with zero attached hydrogens (tertiary/aromatic N) is 1. The van der Waals surface area contributed by atoms with Gasteiger partial charge in [-0.1, -0.05) is 0 Å². The third kappa shape index (κ3) is 5.21. The second-order valence-electron chi connectivity index (χ2n) is 4.64. The van der Waals surface area contributed by atoms with Gasteiger partial charge in [-0.3, -0.25) is 5.32 Å². The molecular weight excluding hydrogens is 232 g/mol. The van der Waals surface area contributed by atoms with E-state index in [1.165, 1.54) is 0 Å². The zero-order valence-corrected chi connectivity index (χ0v) is 10.7. The molecule has 0 heterocycles. The number of anilines is 1. The fourth-order valence-corrected chi connectivity index (χ4v) is 1.21. The van der Waals surface area contributed by atoms with E-state index in [1.807, 2.05) is 6.19 Å². The molecule has 0 atom stereocenters. The molecule has 1 rings (SSSR count). The molecule has 0 aliphatic rings. The Labute approximate surface area is 106 Å². The van der Waals surface area contributed by atoms with Crippen molar-refractivity contribution in [2.75, 3.05) is 11.9 Å². The monoisotopic (exact) mass is 248 g/mol. The minimum Gasteiger partial charge on any atom is -0.482 e. The summed E-state index contributed by atoms with van der Waals surface area (Å²) in [6, 6.07) is 6.72. The Morgan fingerprint density at radius 3 is 2.44 bits per heavy atom. The van der Waals surface area contributed by atoms with Crippen LogP contribution in [0.5, 0.6) is 5.75 Å². The maximum atomic E-state index is 11.4. The van der Waals surface area contributed by atoms with Crippen LogP contribution in [0.25, 0.3) is 0 Å². The zero-order valence-electron chi connectivity index (χ0n) is 10.7. The molecule has 0 aromatic heterocycles. The Morgan fingerprint density at radius 1 is 1.33 bits per heavy atom. The number of ether oxygens (including phenoxy) is 2. The molecule has 1 N–H and O–H groups in total. The van der Waals surface area contributed by atoms with Crippen molar-refractivity contribution in [2.24, 2.45) is 0 Å². The Kier molecular flexibility index (Phi) is 4.55. The van der Waals surface area contributed by atoms with E-state index in [1.54, 1.807) is 45.0 Å². The number of nitrogens with one attached hydrogen (secondary N) is 1. The summed E-state index contributed by atoms with van der Waals surface area (Å²) in [6.45, 7) is 5.26. The number of carbonyl (C=O) groups is 1. The van der Waals surface area contributed by atoms with Gasteiger partial charge in [-0.05, 0) is 45.0 Å². The second-order valence-corrected chi connectivity index (χ2v) is 4.64. The van der Waals surface area contributed by atoms with Gasteiger partial charge in [0.15, 0.2) is 12.8 Å². The van der Waals surface area contributed by atoms with Crippen molar-refractivity contribution < 1.29 is 14.3 Å². The topological polar surface area (TPSA) is 71.3 Å². The highest BCUT2D eigenvalue weighted by Crippen LogP contribution is 2.15. The van der Waals surface area contributed by atoms with Crippen molar-refractivity contribution in [3.63, 3.8) is 0 Å². The normalized spacial score (nSPS) is 10.3. The van der Waals surface area contributed by atoms with Gasteiger partial charge in [0.05, 0.1) is 0 Å². The van der Waals surface area contributed by atoms with E-state index in [0.29, 0.717) is 11.4 Å². The average Bonchev–Trinajstić information content (AvgIpc) is 2.26. The summed E-state index contributed by atoms with van der Waals surface area (Å²) in [5.41, 5.74) is 0.156. The second kappa shape index (κ2) is 5.92. The summed E-state index contributed by atoms with van der Waals surface area (Å²) >= 11 is 0. The van der Waals surface area contributed by atoms with Gasteiger partial charge in [-0.2, -0.15) is 5.26 Å². The van der Waals surface area contributed by atoms with Crippen LogP contribution in [-0.2, 0) is 9.53 Å². The van der Waals surface area contributed by atoms with E-state index < -0.39 is 11.6 Å². The van der Waals surface area contributed by atoms with Gasteiger partial charge in [0.2, 0.25) is 0 Å². The number of carbonyl (C=O) groups excluding carboxylic acids is 1. The van der Waals surface area contributed by atoms with Crippen molar-refractivity contribution in [2.45, 2.75) is 26.4 Å². The number of hydrogen-bond donors (Lipinski definition) is 1. The van der Waals surface area contributed by atoms with Gasteiger partial charge < -0.3 is 9.47 Å². The molecule has 0 saturated heterocycles. The van der Waals surface area contributed by atoms with Gasteiger partial charge in [0, 0.05) is 5.69 Å². The lowest BCUT2D eigenvalue weighted by atomic mass is 10.2. The number of rotatable bonds is 4. The van der Waals surface area contributed by atoms with Gasteiger partial charge >= 0.3 is 5.97 Å². The lowest BCUT2D eigenvalue weighted by Crippen LogP contribution is -2.27. The Hall–Kier alpha value is -2.22. The van der Waals surface area contributed by atoms with Crippen LogP contribution in [0.1, 0.15) is 20.8 Å². The Bertz CT molecular complexity index is 441. The number of hydrogen-bond acceptors (Lipinski definition) is 5. The van der Waals surface area contributed by atoms with Gasteiger partial charge in [0.25, 0.3) is 0 Å². The van der Waals surface area contributed by atoms with Crippen molar-refractivity contribution >= 4 is 11.7 Å². The van der Waals surface area contributed by atoms with Gasteiger partial charge in [-0.15, -0.1) is 0 Å². The fraction of sp³-hybridized carbons (Fsp3) is 0.385. The maximum Gasteiger partial charge on any atom is 0.344 e. The highest BCUT2D eigenvalue weighted by atomic mass is 16.6. The first-order chi connectivity index (χ1) is 8.40. The predicted octanol–water partition coefficient (Wildman–Crippen LogP) is 2.30. The molecule has 96 valence electrons. The molecule has 0 fully saturated rings. The molecule has 0 aliphatic heterocycles. The molecule has 5 nitrogen and oxygen atoms in total. The van der Waals surface area contributed by atoms with Crippen LogP contribution in [0.15, 0.2) is 24.3 Å². The number of benzene rings is 1. The molecule has 0 spiro atoms. The average molecular weight is 248 g/mol. The van der Waals surface area contributed by atoms with Gasteiger partial charge in [-0.25, -0.2) is 4.79 Å². The van der Waals surface area contributed by atoms with E-state index in [-0.39, 0.29) is 6.61 Å². The first-order valence-corrected chi connectivity index (χ1v) is 5.50. The van der Waals surface area contributed by atoms with Crippen LogP contribution in [0.2, 0.25) is 0 Å². The highest BCUT2D eigenvalue weighted by Gasteiger charge is 2.16. The molecule has 0 amide bonds. The zero-order chi connectivity index (χ0) is 13.6. The van der Waals surface area contributed by atoms with Crippen LogP contribution in [0.3, 0.4) is 0 Å². The van der Waals surface area contributed by atoms with E-state index in [9.17, 15) is 4.79 Å². The van der Waals surface area contributed by atoms with Crippen molar-refractivity contribution in [3.8, 4) is 11.9 Å². The van der Waals surface area contributed by atoms with Crippen molar-refractivity contribution in [1.29, 1.82) is 5.26 Å². The lowest BCUT2D eigenvalue weighted by Gasteiger charge is -2.19. The van der Waals surface area contributed by atoms with E-state index in [2.05, 4.69) is 5.32 Å². The summed E-state index contributed by atoms with van der Waals surface area (Å²) in [5.74, 6) is 0.131. The molecule has 0 saturated carbocycles. The lowest BCUT2D eigenvalue weighted by molar-refractivity contribution is -0.157. The Balaban J connectivity index is 2.44. The van der Waals surface area contributed by atoms with Crippen LogP contribution in [0, 0.1) is 11.5 Å². The van der Waals surface area contributed by atoms with Crippen LogP contribution in [-0.4, -0.2) is 18.2 Å². The first-order valence-electron chi connectivity index (χ1n) is 5.50.